The van der Waals surface area contributed by atoms with Crippen molar-refractivity contribution in [2.24, 2.45) is 0 Å². The molecule has 1 saturated heterocycles. The fourth-order valence-corrected chi connectivity index (χ4v) is 2.49. The maximum atomic E-state index is 11.8. The lowest BCUT2D eigenvalue weighted by atomic mass is 10.4. The second-order valence-corrected chi connectivity index (χ2v) is 4.87. The molecule has 1 aliphatic heterocycles. The Balaban J connectivity index is 1.94. The molecule has 17 heavy (non-hydrogen) atoms. The molecule has 0 N–H and O–H groups in total. The molecule has 0 bridgehead atoms. The van der Waals surface area contributed by atoms with Crippen LogP contribution in [-0.4, -0.2) is 50.1 Å². The van der Waals surface area contributed by atoms with Crippen molar-refractivity contribution in [2.75, 3.05) is 24.6 Å². The zero-order valence-corrected chi connectivity index (χ0v) is 9.93. The lowest BCUT2D eigenvalue weighted by Crippen LogP contribution is -2.39. The monoisotopic (exact) mass is 256 g/mol. The maximum absolute atomic E-state index is 11.8. The Bertz CT molecular complexity index is 428. The molecular weight excluding hydrogens is 244 g/mol. The predicted octanol–water partition coefficient (Wildman–Crippen LogP) is 0.367. The molecular formula is C9H12N4O3S. The van der Waals surface area contributed by atoms with E-state index in [-0.39, 0.29) is 18.1 Å². The first kappa shape index (κ1) is 11.9. The molecule has 7 nitrogen and oxygen atoms in total. The zero-order chi connectivity index (χ0) is 12.3. The van der Waals surface area contributed by atoms with Crippen LogP contribution in [0.5, 0.6) is 0 Å². The molecule has 1 aromatic heterocycles. The fraction of sp³-hybridized carbons (Fsp3) is 0.556. The van der Waals surface area contributed by atoms with Crippen molar-refractivity contribution in [3.63, 3.8) is 0 Å². The number of amides is 1. The van der Waals surface area contributed by atoms with Crippen LogP contribution in [0.25, 0.3) is 0 Å². The van der Waals surface area contributed by atoms with Gasteiger partial charge in [-0.05, 0) is 0 Å². The van der Waals surface area contributed by atoms with E-state index in [1.54, 1.807) is 4.90 Å². The second kappa shape index (κ2) is 5.17. The standard InChI is InChI=1S/C9H12N4O3S/c14-9(11-1-3-17-4-2-11)7-12-6-8(5-10-12)13(15)16/h5-6H,1-4,7H2. The number of hydrogen-bond donors (Lipinski definition) is 0. The predicted molar refractivity (Wildman–Crippen MR) is 62.8 cm³/mol. The minimum absolute atomic E-state index is 0.0386. The van der Waals surface area contributed by atoms with Crippen molar-refractivity contribution in [3.05, 3.63) is 22.5 Å². The highest BCUT2D eigenvalue weighted by Crippen LogP contribution is 2.11. The summed E-state index contributed by atoms with van der Waals surface area (Å²) in [5, 5.41) is 14.3. The lowest BCUT2D eigenvalue weighted by Gasteiger charge is -2.26. The van der Waals surface area contributed by atoms with Gasteiger partial charge >= 0.3 is 5.69 Å². The highest BCUT2D eigenvalue weighted by Gasteiger charge is 2.18. The van der Waals surface area contributed by atoms with Gasteiger partial charge in [0, 0.05) is 24.6 Å². The number of aromatic nitrogens is 2. The highest BCUT2D eigenvalue weighted by atomic mass is 32.2. The van der Waals surface area contributed by atoms with Crippen LogP contribution in [0, 0.1) is 10.1 Å². The Labute approximate surface area is 102 Å². The van der Waals surface area contributed by atoms with E-state index in [0.717, 1.165) is 30.8 Å². The third kappa shape index (κ3) is 2.96. The van der Waals surface area contributed by atoms with Gasteiger partial charge < -0.3 is 4.90 Å². The zero-order valence-electron chi connectivity index (χ0n) is 9.11. The van der Waals surface area contributed by atoms with Crippen LogP contribution in [0.1, 0.15) is 0 Å². The molecule has 1 aliphatic rings. The summed E-state index contributed by atoms with van der Waals surface area (Å²) in [5.41, 5.74) is -0.0907. The third-order valence-electron chi connectivity index (χ3n) is 2.49. The molecule has 8 heteroatoms. The second-order valence-electron chi connectivity index (χ2n) is 3.65. The van der Waals surface area contributed by atoms with Crippen molar-refractivity contribution < 1.29 is 9.72 Å². The lowest BCUT2D eigenvalue weighted by molar-refractivity contribution is -0.385. The topological polar surface area (TPSA) is 81.3 Å². The Morgan fingerprint density at radius 2 is 2.24 bits per heavy atom. The van der Waals surface area contributed by atoms with Gasteiger partial charge in [0.25, 0.3) is 0 Å². The van der Waals surface area contributed by atoms with Gasteiger partial charge in [0.1, 0.15) is 18.9 Å². The van der Waals surface area contributed by atoms with Crippen molar-refractivity contribution in [1.29, 1.82) is 0 Å². The van der Waals surface area contributed by atoms with Crippen LogP contribution in [-0.2, 0) is 11.3 Å². The number of thioether (sulfide) groups is 1. The minimum Gasteiger partial charge on any atom is -0.339 e. The molecule has 92 valence electrons. The first-order valence-corrected chi connectivity index (χ1v) is 6.34. The summed E-state index contributed by atoms with van der Waals surface area (Å²) in [7, 11) is 0. The largest absolute Gasteiger partial charge is 0.339 e. The van der Waals surface area contributed by atoms with E-state index < -0.39 is 4.92 Å². The van der Waals surface area contributed by atoms with Crippen LogP contribution in [0.4, 0.5) is 5.69 Å². The molecule has 1 fully saturated rings. The molecule has 2 rings (SSSR count). The van der Waals surface area contributed by atoms with E-state index in [1.165, 1.54) is 10.9 Å². The van der Waals surface area contributed by atoms with Crippen molar-refractivity contribution in [1.82, 2.24) is 14.7 Å². The molecule has 1 aromatic rings. The molecule has 0 spiro atoms. The number of rotatable bonds is 3. The van der Waals surface area contributed by atoms with Gasteiger partial charge in [0.05, 0.1) is 4.92 Å². The summed E-state index contributed by atoms with van der Waals surface area (Å²) >= 11 is 1.82. The third-order valence-corrected chi connectivity index (χ3v) is 3.43. The Hall–Kier alpha value is -1.57. The molecule has 0 aliphatic carbocycles. The number of nitrogens with zero attached hydrogens (tertiary/aromatic N) is 4. The van der Waals surface area contributed by atoms with Gasteiger partial charge in [-0.1, -0.05) is 0 Å². The van der Waals surface area contributed by atoms with Gasteiger partial charge in [0.15, 0.2) is 0 Å². The highest BCUT2D eigenvalue weighted by molar-refractivity contribution is 7.99. The summed E-state index contributed by atoms with van der Waals surface area (Å²) in [6, 6.07) is 0. The van der Waals surface area contributed by atoms with Gasteiger partial charge in [-0.25, -0.2) is 0 Å². The molecule has 0 atom stereocenters. The van der Waals surface area contributed by atoms with Crippen LogP contribution >= 0.6 is 11.8 Å². The van der Waals surface area contributed by atoms with Gasteiger partial charge in [-0.3, -0.25) is 19.6 Å². The fourth-order valence-electron chi connectivity index (χ4n) is 1.58. The molecule has 2 heterocycles. The molecule has 0 saturated carbocycles. The summed E-state index contributed by atoms with van der Waals surface area (Å²) in [5.74, 6) is 1.86. The van der Waals surface area contributed by atoms with Crippen molar-refractivity contribution in [3.8, 4) is 0 Å². The molecule has 0 aromatic carbocycles. The Morgan fingerprint density at radius 3 is 2.82 bits per heavy atom. The summed E-state index contributed by atoms with van der Waals surface area (Å²) in [6.45, 7) is 1.55. The molecule has 0 unspecified atom stereocenters. The smallest absolute Gasteiger partial charge is 0.307 e. The van der Waals surface area contributed by atoms with E-state index in [0.29, 0.717) is 0 Å². The van der Waals surface area contributed by atoms with E-state index in [9.17, 15) is 14.9 Å². The Morgan fingerprint density at radius 1 is 1.53 bits per heavy atom. The summed E-state index contributed by atoms with van der Waals surface area (Å²) in [6.07, 6.45) is 2.43. The van der Waals surface area contributed by atoms with Gasteiger partial charge in [-0.15, -0.1) is 0 Å². The first-order valence-electron chi connectivity index (χ1n) is 5.19. The minimum atomic E-state index is -0.522. The number of carbonyl (C=O) groups is 1. The maximum Gasteiger partial charge on any atom is 0.307 e. The van der Waals surface area contributed by atoms with Gasteiger partial charge in [-0.2, -0.15) is 16.9 Å². The normalized spacial score (nSPS) is 15.9. The summed E-state index contributed by atoms with van der Waals surface area (Å²) in [4.78, 5) is 23.5. The van der Waals surface area contributed by atoms with Crippen molar-refractivity contribution >= 4 is 23.4 Å². The average molecular weight is 256 g/mol. The van der Waals surface area contributed by atoms with Crippen LogP contribution in [0.2, 0.25) is 0 Å². The van der Waals surface area contributed by atoms with Crippen LogP contribution < -0.4 is 0 Å². The SMILES string of the molecule is O=C(Cn1cc([N+](=O)[O-])cn1)N1CCSCC1. The van der Waals surface area contributed by atoms with Gasteiger partial charge in [0.2, 0.25) is 5.91 Å². The van der Waals surface area contributed by atoms with Crippen LogP contribution in [0.15, 0.2) is 12.4 Å². The molecule has 1 amide bonds. The molecule has 0 radical (unpaired) electrons. The van der Waals surface area contributed by atoms with E-state index in [1.807, 2.05) is 11.8 Å². The number of carbonyl (C=O) groups excluding carboxylic acids is 1. The summed E-state index contributed by atoms with van der Waals surface area (Å²) < 4.78 is 1.31. The van der Waals surface area contributed by atoms with Crippen LogP contribution in [0.3, 0.4) is 0 Å². The first-order chi connectivity index (χ1) is 8.16. The van der Waals surface area contributed by atoms with E-state index in [2.05, 4.69) is 5.10 Å². The number of hydrogen-bond acceptors (Lipinski definition) is 5. The van der Waals surface area contributed by atoms with E-state index in [4.69, 9.17) is 0 Å². The van der Waals surface area contributed by atoms with E-state index >= 15 is 0 Å². The van der Waals surface area contributed by atoms with Crippen molar-refractivity contribution in [2.45, 2.75) is 6.54 Å². The number of nitro groups is 1. The average Bonchev–Trinajstić information content (AvgIpc) is 2.79. The Kier molecular flexibility index (Phi) is 3.62. The quantitative estimate of drug-likeness (QED) is 0.576.